The molecule has 0 saturated carbocycles. The normalized spacial score (nSPS) is 14.5. The van der Waals surface area contributed by atoms with E-state index in [1.807, 2.05) is 6.07 Å². The van der Waals surface area contributed by atoms with E-state index in [0.717, 1.165) is 36.1 Å². The van der Waals surface area contributed by atoms with Crippen molar-refractivity contribution < 1.29 is 17.6 Å². The van der Waals surface area contributed by atoms with E-state index >= 15 is 8.78 Å². The molecule has 0 aliphatic heterocycles. The first-order valence-electron chi connectivity index (χ1n) is 9.32. The van der Waals surface area contributed by atoms with Gasteiger partial charge in [0.1, 0.15) is 23.7 Å². The molecule has 160 valence electrons. The van der Waals surface area contributed by atoms with Crippen molar-refractivity contribution in [2.24, 2.45) is 4.99 Å². The van der Waals surface area contributed by atoms with Gasteiger partial charge in [-0.25, -0.2) is 18.7 Å². The number of H-pyrrole nitrogens is 1. The summed E-state index contributed by atoms with van der Waals surface area (Å²) in [7, 11) is 0. The zero-order valence-electron chi connectivity index (χ0n) is 16.8. The van der Waals surface area contributed by atoms with Crippen LogP contribution in [-0.4, -0.2) is 26.6 Å². The van der Waals surface area contributed by atoms with Crippen LogP contribution < -0.4 is 0 Å². The number of allylic oxidation sites excluding steroid dienone is 2. The van der Waals surface area contributed by atoms with Crippen molar-refractivity contribution in [2.75, 3.05) is 0 Å². The van der Waals surface area contributed by atoms with Crippen LogP contribution in [0.2, 0.25) is 0 Å². The molecule has 1 heterocycles. The number of hydrogen-bond donors (Lipinski definition) is 1. The highest BCUT2D eigenvalue weighted by molar-refractivity contribution is 6.01. The Kier molecular flexibility index (Phi) is 6.11. The van der Waals surface area contributed by atoms with Crippen molar-refractivity contribution in [2.45, 2.75) is 31.9 Å². The fourth-order valence-electron chi connectivity index (χ4n) is 3.19. The number of nitriles is 1. The summed E-state index contributed by atoms with van der Waals surface area (Å²) in [6.45, 7) is 2.61. The van der Waals surface area contributed by atoms with Crippen LogP contribution in [-0.2, 0) is 12.1 Å². The van der Waals surface area contributed by atoms with Gasteiger partial charge in [-0.05, 0) is 43.7 Å². The van der Waals surface area contributed by atoms with Gasteiger partial charge in [0, 0.05) is 11.6 Å². The summed E-state index contributed by atoms with van der Waals surface area (Å²) in [6, 6.07) is 10.8. The highest BCUT2D eigenvalue weighted by atomic mass is 19.3. The number of benzene rings is 2. The lowest BCUT2D eigenvalue weighted by atomic mass is 9.82. The predicted octanol–water partition coefficient (Wildman–Crippen LogP) is 4.98. The monoisotopic (exact) mass is 429 g/mol. The van der Waals surface area contributed by atoms with E-state index in [0.29, 0.717) is 17.2 Å². The maximum atomic E-state index is 16.0. The van der Waals surface area contributed by atoms with E-state index in [-0.39, 0.29) is 6.54 Å². The Morgan fingerprint density at radius 3 is 2.42 bits per heavy atom. The van der Waals surface area contributed by atoms with Gasteiger partial charge in [0.05, 0.1) is 18.2 Å². The van der Waals surface area contributed by atoms with E-state index in [4.69, 9.17) is 5.26 Å². The van der Waals surface area contributed by atoms with Crippen LogP contribution in [0.25, 0.3) is 0 Å². The minimum atomic E-state index is -3.72. The summed E-state index contributed by atoms with van der Waals surface area (Å²) < 4.78 is 60.9. The number of halogens is 4. The second-order valence-corrected chi connectivity index (χ2v) is 7.00. The maximum absolute atomic E-state index is 16.0. The zero-order valence-corrected chi connectivity index (χ0v) is 16.8. The standard InChI is InChI=1S/C22H19F4N5/c1-3-4-20(28-13-16-7-5-15(12-27)6-8-16)22(25,26)21(2,31-14-29-30-31)18-10-9-17(23)11-19(18)24/h3-11,14,30H,13H2,1-2H3/b4-3-,28-20+. The van der Waals surface area contributed by atoms with E-state index in [9.17, 15) is 8.78 Å². The first kappa shape index (κ1) is 22.0. The molecule has 5 nitrogen and oxygen atoms in total. The molecule has 2 aromatic carbocycles. The second kappa shape index (κ2) is 8.60. The molecular weight excluding hydrogens is 410 g/mol. The summed E-state index contributed by atoms with van der Waals surface area (Å²) in [5.74, 6) is -5.71. The molecule has 0 fully saturated rings. The summed E-state index contributed by atoms with van der Waals surface area (Å²) in [5, 5.41) is 14.9. The summed E-state index contributed by atoms with van der Waals surface area (Å²) in [6.07, 6.45) is 3.66. The summed E-state index contributed by atoms with van der Waals surface area (Å²) >= 11 is 0. The minimum absolute atomic E-state index is 0.0789. The smallest absolute Gasteiger partial charge is 0.279 e. The van der Waals surface area contributed by atoms with Crippen LogP contribution in [0.4, 0.5) is 17.6 Å². The van der Waals surface area contributed by atoms with Crippen LogP contribution in [0.15, 0.2) is 65.9 Å². The highest BCUT2D eigenvalue weighted by Gasteiger charge is 2.57. The summed E-state index contributed by atoms with van der Waals surface area (Å²) in [4.78, 5) is 4.09. The molecule has 0 radical (unpaired) electrons. The van der Waals surface area contributed by atoms with Crippen molar-refractivity contribution in [3.63, 3.8) is 0 Å². The minimum Gasteiger partial charge on any atom is -0.279 e. The number of rotatable bonds is 7. The molecule has 0 bridgehead atoms. The molecular formula is C22H19F4N5. The maximum Gasteiger partial charge on any atom is 0.317 e. The molecule has 31 heavy (non-hydrogen) atoms. The number of aliphatic imine (C=N–C) groups is 1. The van der Waals surface area contributed by atoms with Crippen LogP contribution in [0.5, 0.6) is 0 Å². The number of nitrogens with one attached hydrogen (secondary N) is 1. The molecule has 0 amide bonds. The van der Waals surface area contributed by atoms with Gasteiger partial charge in [-0.3, -0.25) is 4.99 Å². The fourth-order valence-corrected chi connectivity index (χ4v) is 3.19. The van der Waals surface area contributed by atoms with Gasteiger partial charge in [0.2, 0.25) is 0 Å². The van der Waals surface area contributed by atoms with Gasteiger partial charge in [-0.15, -0.1) is 5.10 Å². The van der Waals surface area contributed by atoms with E-state index in [1.54, 1.807) is 31.2 Å². The average molecular weight is 429 g/mol. The Labute approximate surface area is 176 Å². The van der Waals surface area contributed by atoms with Crippen LogP contribution in [0.3, 0.4) is 0 Å². The van der Waals surface area contributed by atoms with Crippen molar-refractivity contribution in [3.8, 4) is 6.07 Å². The largest absolute Gasteiger partial charge is 0.317 e. The van der Waals surface area contributed by atoms with E-state index in [2.05, 4.69) is 15.3 Å². The molecule has 3 rings (SSSR count). The van der Waals surface area contributed by atoms with Gasteiger partial charge in [0.25, 0.3) is 0 Å². The first-order valence-corrected chi connectivity index (χ1v) is 9.32. The number of nitrogens with zero attached hydrogens (tertiary/aromatic N) is 4. The number of alkyl halides is 2. The Bertz CT molecular complexity index is 1140. The van der Waals surface area contributed by atoms with Crippen molar-refractivity contribution >= 4 is 5.71 Å². The molecule has 0 aliphatic rings. The van der Waals surface area contributed by atoms with Crippen LogP contribution >= 0.6 is 0 Å². The third-order valence-electron chi connectivity index (χ3n) is 5.05. The molecule has 1 unspecified atom stereocenters. The van der Waals surface area contributed by atoms with E-state index in [1.165, 1.54) is 6.08 Å². The molecule has 9 heteroatoms. The lowest BCUT2D eigenvalue weighted by Crippen LogP contribution is -2.55. The number of hydrogen-bond acceptors (Lipinski definition) is 3. The summed E-state index contributed by atoms with van der Waals surface area (Å²) in [5.41, 5.74) is -2.25. The number of aromatic nitrogens is 3. The molecule has 0 spiro atoms. The van der Waals surface area contributed by atoms with Crippen molar-refractivity contribution in [1.29, 1.82) is 5.26 Å². The lowest BCUT2D eigenvalue weighted by molar-refractivity contribution is -0.0333. The number of aromatic amines is 1. The Morgan fingerprint density at radius 2 is 1.90 bits per heavy atom. The predicted molar refractivity (Wildman–Crippen MR) is 108 cm³/mol. The van der Waals surface area contributed by atoms with E-state index < -0.39 is 34.4 Å². The topological polar surface area (TPSA) is 69.8 Å². The Balaban J connectivity index is 2.08. The van der Waals surface area contributed by atoms with Gasteiger partial charge in [0.15, 0.2) is 5.54 Å². The highest BCUT2D eigenvalue weighted by Crippen LogP contribution is 2.43. The molecule has 0 aliphatic carbocycles. The van der Waals surface area contributed by atoms with Gasteiger partial charge < -0.3 is 0 Å². The Morgan fingerprint density at radius 1 is 1.23 bits per heavy atom. The second-order valence-electron chi connectivity index (χ2n) is 7.00. The zero-order chi connectivity index (χ0) is 22.6. The average Bonchev–Trinajstić information content (AvgIpc) is 2.69. The Hall–Kier alpha value is -3.67. The molecule has 3 aromatic rings. The van der Waals surface area contributed by atoms with Gasteiger partial charge >= 0.3 is 5.92 Å². The lowest BCUT2D eigenvalue weighted by Gasteiger charge is -2.39. The fraction of sp³-hybridized carbons (Fsp3) is 0.227. The molecule has 1 atom stereocenters. The van der Waals surface area contributed by atoms with Crippen molar-refractivity contribution in [3.05, 3.63) is 89.3 Å². The van der Waals surface area contributed by atoms with Crippen LogP contribution in [0.1, 0.15) is 30.5 Å². The molecule has 1 aromatic heterocycles. The molecule has 0 saturated heterocycles. The quantitative estimate of drug-likeness (QED) is 0.425. The van der Waals surface area contributed by atoms with Gasteiger partial charge in [-0.1, -0.05) is 24.3 Å². The third kappa shape index (κ3) is 4.01. The van der Waals surface area contributed by atoms with Crippen LogP contribution in [0, 0.1) is 23.0 Å². The van der Waals surface area contributed by atoms with Gasteiger partial charge in [-0.2, -0.15) is 14.0 Å². The first-order chi connectivity index (χ1) is 14.7. The molecule has 1 N–H and O–H groups in total. The SMILES string of the molecule is C/C=C\C(=N/Cc1ccc(C#N)cc1)C(F)(F)C(C)(c1ccc(F)cc1F)n1cn[nH]1. The third-order valence-corrected chi connectivity index (χ3v) is 5.05. The van der Waals surface area contributed by atoms with Crippen molar-refractivity contribution in [1.82, 2.24) is 15.0 Å².